The molecule has 9 nitrogen and oxygen atoms in total. The molecule has 13 heteroatoms. The Morgan fingerprint density at radius 2 is 1.76 bits per heavy atom. The summed E-state index contributed by atoms with van der Waals surface area (Å²) in [5.74, 6) is -0.876. The fourth-order valence-corrected chi connectivity index (χ4v) is 3.05. The van der Waals surface area contributed by atoms with Gasteiger partial charge in [0.1, 0.15) is 11.6 Å². The number of fused-ring (bicyclic) bond motifs is 1. The van der Waals surface area contributed by atoms with Crippen molar-refractivity contribution in [3.8, 4) is 17.0 Å². The first kappa shape index (κ1) is 22.5. The molecule has 3 amide bonds. The van der Waals surface area contributed by atoms with Crippen molar-refractivity contribution < 1.29 is 31.9 Å². The van der Waals surface area contributed by atoms with Gasteiger partial charge in [-0.3, -0.25) is 5.10 Å². The van der Waals surface area contributed by atoms with Crippen molar-refractivity contribution >= 4 is 34.5 Å². The molecule has 5 N–H and O–H groups in total. The first-order chi connectivity index (χ1) is 16.1. The summed E-state index contributed by atoms with van der Waals surface area (Å²) < 4.78 is 57.3. The molecule has 0 fully saturated rings. The van der Waals surface area contributed by atoms with Crippen molar-refractivity contribution in [2.75, 3.05) is 10.6 Å². The molecule has 0 aliphatic rings. The van der Waals surface area contributed by atoms with Gasteiger partial charge in [-0.25, -0.2) is 19.0 Å². The maximum Gasteiger partial charge on any atom is 0.416 e. The molecule has 0 aliphatic heterocycles. The summed E-state index contributed by atoms with van der Waals surface area (Å²) in [5.41, 5.74) is 4.95. The Labute approximate surface area is 187 Å². The zero-order valence-corrected chi connectivity index (χ0v) is 16.9. The first-order valence-corrected chi connectivity index (χ1v) is 9.47. The maximum atomic E-state index is 13.8. The highest BCUT2D eigenvalue weighted by Crippen LogP contribution is 2.32. The molecule has 2 heterocycles. The Bertz CT molecular complexity index is 1390. The van der Waals surface area contributed by atoms with Gasteiger partial charge in [0.15, 0.2) is 5.65 Å². The number of hydrogen-bond acceptors (Lipinski definition) is 5. The predicted octanol–water partition coefficient (Wildman–Crippen LogP) is 4.88. The Balaban J connectivity index is 1.51. The van der Waals surface area contributed by atoms with Crippen LogP contribution in [0.1, 0.15) is 5.56 Å². The van der Waals surface area contributed by atoms with Crippen molar-refractivity contribution in [1.29, 1.82) is 0 Å². The van der Waals surface area contributed by atoms with Crippen LogP contribution in [0.15, 0.2) is 54.7 Å². The summed E-state index contributed by atoms with van der Waals surface area (Å²) in [5, 5.41) is 11.4. The number of rotatable bonds is 4. The van der Waals surface area contributed by atoms with Crippen LogP contribution >= 0.6 is 0 Å². The van der Waals surface area contributed by atoms with Crippen molar-refractivity contribution in [2.24, 2.45) is 5.73 Å². The van der Waals surface area contributed by atoms with Gasteiger partial charge in [-0.2, -0.15) is 18.3 Å². The summed E-state index contributed by atoms with van der Waals surface area (Å²) in [6.07, 6.45) is -4.28. The fraction of sp³-hybridized carbons (Fsp3) is 0.0476. The molecule has 0 spiro atoms. The van der Waals surface area contributed by atoms with E-state index in [4.69, 9.17) is 10.5 Å². The van der Waals surface area contributed by atoms with E-state index in [0.717, 1.165) is 0 Å². The molecule has 0 bridgehead atoms. The number of nitrogens with two attached hydrogens (primary N) is 1. The Kier molecular flexibility index (Phi) is 5.75. The van der Waals surface area contributed by atoms with E-state index in [9.17, 15) is 27.2 Å². The smallest absolute Gasteiger partial charge is 0.410 e. The highest BCUT2D eigenvalue weighted by atomic mass is 19.4. The van der Waals surface area contributed by atoms with Crippen LogP contribution in [0, 0.1) is 5.82 Å². The molecular weight excluding hydrogens is 460 g/mol. The van der Waals surface area contributed by atoms with Crippen LogP contribution in [-0.2, 0) is 6.18 Å². The van der Waals surface area contributed by atoms with Gasteiger partial charge < -0.3 is 21.1 Å². The van der Waals surface area contributed by atoms with E-state index in [0.29, 0.717) is 40.5 Å². The lowest BCUT2D eigenvalue weighted by molar-refractivity contribution is -0.137. The minimum Gasteiger partial charge on any atom is -0.410 e. The number of urea groups is 1. The molecule has 34 heavy (non-hydrogen) atoms. The van der Waals surface area contributed by atoms with E-state index in [1.54, 1.807) is 12.1 Å². The lowest BCUT2D eigenvalue weighted by Gasteiger charge is -2.12. The minimum absolute atomic E-state index is 0.144. The van der Waals surface area contributed by atoms with Crippen LogP contribution in [-0.4, -0.2) is 27.3 Å². The summed E-state index contributed by atoms with van der Waals surface area (Å²) in [4.78, 5) is 27.7. The number of carbonyl (C=O) groups is 2. The number of primary amides is 1. The minimum atomic E-state index is -4.69. The monoisotopic (exact) mass is 474 g/mol. The number of nitrogens with one attached hydrogen (secondary N) is 3. The Morgan fingerprint density at radius 1 is 1.03 bits per heavy atom. The number of ether oxygens (including phenoxy) is 1. The molecule has 4 rings (SSSR count). The summed E-state index contributed by atoms with van der Waals surface area (Å²) >= 11 is 0. The van der Waals surface area contributed by atoms with Crippen LogP contribution in [0.25, 0.3) is 22.3 Å². The van der Waals surface area contributed by atoms with E-state index in [1.165, 1.54) is 24.4 Å². The number of aromatic amines is 1. The summed E-state index contributed by atoms with van der Waals surface area (Å²) in [6.45, 7) is 0. The molecular formula is C21H14F4N6O3. The third-order valence-electron chi connectivity index (χ3n) is 4.58. The SMILES string of the molecule is NC(=O)Oc1cc(-c2ccc(NC(=O)Nc3cc(C(F)(F)F)ccc3F)cc2)nc2[nH]ncc12. The number of benzene rings is 2. The van der Waals surface area contributed by atoms with Gasteiger partial charge >= 0.3 is 18.3 Å². The Hall–Kier alpha value is -4.68. The normalized spacial score (nSPS) is 11.3. The van der Waals surface area contributed by atoms with Crippen molar-refractivity contribution in [3.05, 3.63) is 66.1 Å². The summed E-state index contributed by atoms with van der Waals surface area (Å²) in [7, 11) is 0. The van der Waals surface area contributed by atoms with Crippen LogP contribution in [0.5, 0.6) is 5.75 Å². The maximum absolute atomic E-state index is 13.8. The molecule has 0 aliphatic carbocycles. The molecule has 0 radical (unpaired) electrons. The number of halogens is 4. The molecule has 0 atom stereocenters. The van der Waals surface area contributed by atoms with E-state index < -0.39 is 35.4 Å². The molecule has 2 aromatic carbocycles. The average Bonchev–Trinajstić information content (AvgIpc) is 3.24. The Morgan fingerprint density at radius 3 is 2.44 bits per heavy atom. The standard InChI is InChI=1S/C21H14F4N6O3/c22-14-6-3-11(21(23,24)25)7-16(14)30-20(33)28-12-4-1-10(2-5-12)15-8-17(34-19(26)32)13-9-27-31-18(13)29-15/h1-9H,(H2,26,32)(H,27,29,31)(H2,28,30,33). The highest BCUT2D eigenvalue weighted by molar-refractivity contribution is 6.00. The second kappa shape index (κ2) is 8.69. The highest BCUT2D eigenvalue weighted by Gasteiger charge is 2.31. The van der Waals surface area contributed by atoms with Crippen LogP contribution < -0.4 is 21.1 Å². The van der Waals surface area contributed by atoms with Gasteiger partial charge in [0.2, 0.25) is 0 Å². The predicted molar refractivity (Wildman–Crippen MR) is 114 cm³/mol. The summed E-state index contributed by atoms with van der Waals surface area (Å²) in [6, 6.07) is 8.38. The van der Waals surface area contributed by atoms with Gasteiger partial charge in [-0.1, -0.05) is 12.1 Å². The zero-order chi connectivity index (χ0) is 24.5. The number of hydrogen-bond donors (Lipinski definition) is 4. The van der Waals surface area contributed by atoms with Gasteiger partial charge in [-0.15, -0.1) is 0 Å². The second-order valence-electron chi connectivity index (χ2n) is 6.91. The number of aromatic nitrogens is 3. The molecule has 0 unspecified atom stereocenters. The third kappa shape index (κ3) is 4.87. The van der Waals surface area contributed by atoms with E-state index >= 15 is 0 Å². The van der Waals surface area contributed by atoms with E-state index in [-0.39, 0.29) is 11.4 Å². The van der Waals surface area contributed by atoms with Gasteiger partial charge in [0, 0.05) is 17.3 Å². The first-order valence-electron chi connectivity index (χ1n) is 9.47. The quantitative estimate of drug-likeness (QED) is 0.313. The number of amides is 3. The van der Waals surface area contributed by atoms with E-state index in [1.807, 2.05) is 0 Å². The van der Waals surface area contributed by atoms with Crippen molar-refractivity contribution in [2.45, 2.75) is 6.18 Å². The molecule has 0 saturated carbocycles. The fourth-order valence-electron chi connectivity index (χ4n) is 3.05. The van der Waals surface area contributed by atoms with Crippen LogP contribution in [0.2, 0.25) is 0 Å². The molecule has 4 aromatic rings. The zero-order valence-electron chi connectivity index (χ0n) is 16.9. The molecule has 2 aromatic heterocycles. The lowest BCUT2D eigenvalue weighted by Crippen LogP contribution is -2.20. The number of H-pyrrole nitrogens is 1. The average molecular weight is 474 g/mol. The van der Waals surface area contributed by atoms with Crippen LogP contribution in [0.4, 0.5) is 38.5 Å². The number of anilines is 2. The molecule has 174 valence electrons. The van der Waals surface area contributed by atoms with Gasteiger partial charge in [0.25, 0.3) is 0 Å². The lowest BCUT2D eigenvalue weighted by atomic mass is 10.1. The van der Waals surface area contributed by atoms with Crippen molar-refractivity contribution in [3.63, 3.8) is 0 Å². The van der Waals surface area contributed by atoms with Crippen LogP contribution in [0.3, 0.4) is 0 Å². The molecule has 0 saturated heterocycles. The van der Waals surface area contributed by atoms with Gasteiger partial charge in [0.05, 0.1) is 28.5 Å². The van der Waals surface area contributed by atoms with Crippen molar-refractivity contribution in [1.82, 2.24) is 15.2 Å². The number of pyridine rings is 1. The second-order valence-corrected chi connectivity index (χ2v) is 6.91. The van der Waals surface area contributed by atoms with Gasteiger partial charge in [-0.05, 0) is 30.3 Å². The largest absolute Gasteiger partial charge is 0.416 e. The van der Waals surface area contributed by atoms with E-state index in [2.05, 4.69) is 25.8 Å². The number of carbonyl (C=O) groups excluding carboxylic acids is 2. The third-order valence-corrected chi connectivity index (χ3v) is 4.58. The topological polar surface area (TPSA) is 135 Å². The number of nitrogens with zero attached hydrogens (tertiary/aromatic N) is 2. The number of alkyl halides is 3.